The van der Waals surface area contributed by atoms with E-state index in [0.29, 0.717) is 5.56 Å². The van der Waals surface area contributed by atoms with Crippen molar-refractivity contribution in [3.8, 4) is 11.3 Å². The van der Waals surface area contributed by atoms with Gasteiger partial charge in [-0.05, 0) is 67.6 Å². The van der Waals surface area contributed by atoms with Gasteiger partial charge in [0.1, 0.15) is 5.82 Å². The van der Waals surface area contributed by atoms with Crippen molar-refractivity contribution in [1.29, 1.82) is 0 Å². The lowest BCUT2D eigenvalue weighted by atomic mass is 10.0. The van der Waals surface area contributed by atoms with Gasteiger partial charge in [0.05, 0.1) is 11.7 Å². The number of carbonyl (C=O) groups excluding carboxylic acids is 1. The number of nitrogens with zero attached hydrogens (tertiary/aromatic N) is 4. The van der Waals surface area contributed by atoms with Gasteiger partial charge in [0, 0.05) is 35.5 Å². The molecule has 32 heavy (non-hydrogen) atoms. The van der Waals surface area contributed by atoms with Crippen LogP contribution in [0.2, 0.25) is 0 Å². The van der Waals surface area contributed by atoms with E-state index in [1.807, 2.05) is 53.4 Å². The van der Waals surface area contributed by atoms with Crippen molar-refractivity contribution < 1.29 is 4.79 Å². The van der Waals surface area contributed by atoms with E-state index in [-0.39, 0.29) is 11.9 Å². The molecule has 1 saturated heterocycles. The molecule has 1 aliphatic heterocycles. The molecular formula is C26H25N5O. The van der Waals surface area contributed by atoms with Gasteiger partial charge >= 0.3 is 0 Å². The van der Waals surface area contributed by atoms with E-state index in [0.717, 1.165) is 59.3 Å². The number of hydrogen-bond donors (Lipinski definition) is 1. The molecule has 1 atom stereocenters. The number of hydrogen-bond acceptors (Lipinski definition) is 5. The quantitative estimate of drug-likeness (QED) is 0.527. The van der Waals surface area contributed by atoms with Crippen LogP contribution in [0, 0.1) is 6.92 Å². The highest BCUT2D eigenvalue weighted by atomic mass is 16.2. The van der Waals surface area contributed by atoms with Crippen LogP contribution in [0.15, 0.2) is 73.1 Å². The van der Waals surface area contributed by atoms with Crippen molar-refractivity contribution in [3.63, 3.8) is 0 Å². The van der Waals surface area contributed by atoms with Crippen LogP contribution in [0.3, 0.4) is 0 Å². The lowest BCUT2D eigenvalue weighted by Crippen LogP contribution is -2.49. The van der Waals surface area contributed by atoms with E-state index in [2.05, 4.69) is 34.6 Å². The van der Waals surface area contributed by atoms with Gasteiger partial charge in [0.25, 0.3) is 5.91 Å². The third kappa shape index (κ3) is 3.85. The Labute approximate surface area is 187 Å². The Kier molecular flexibility index (Phi) is 5.60. The van der Waals surface area contributed by atoms with E-state index >= 15 is 0 Å². The minimum atomic E-state index is -0.0346. The summed E-state index contributed by atoms with van der Waals surface area (Å²) in [4.78, 5) is 20.5. The van der Waals surface area contributed by atoms with Crippen molar-refractivity contribution in [1.82, 2.24) is 20.5 Å². The first-order valence-corrected chi connectivity index (χ1v) is 11.0. The monoisotopic (exact) mass is 423 g/mol. The van der Waals surface area contributed by atoms with E-state index in [9.17, 15) is 4.79 Å². The summed E-state index contributed by atoms with van der Waals surface area (Å²) < 4.78 is 0. The minimum Gasteiger partial charge on any atom is -0.315 e. The van der Waals surface area contributed by atoms with E-state index in [4.69, 9.17) is 4.98 Å². The summed E-state index contributed by atoms with van der Waals surface area (Å²) in [6, 6.07) is 19.6. The fraction of sp³-hybridized carbons (Fsp3) is 0.231. The minimum absolute atomic E-state index is 0.0346. The third-order valence-corrected chi connectivity index (χ3v) is 6.06. The largest absolute Gasteiger partial charge is 0.315 e. The number of fused-ring (bicyclic) bond motifs is 1. The predicted molar refractivity (Wildman–Crippen MR) is 127 cm³/mol. The van der Waals surface area contributed by atoms with E-state index in [1.54, 1.807) is 12.4 Å². The number of aromatic nitrogens is 3. The summed E-state index contributed by atoms with van der Waals surface area (Å²) in [6.07, 6.45) is 5.42. The predicted octanol–water partition coefficient (Wildman–Crippen LogP) is 4.40. The van der Waals surface area contributed by atoms with Crippen molar-refractivity contribution in [3.05, 3.63) is 84.2 Å². The highest BCUT2D eigenvalue weighted by molar-refractivity contribution is 6.10. The first-order valence-electron chi connectivity index (χ1n) is 11.0. The van der Waals surface area contributed by atoms with Crippen LogP contribution in [-0.4, -0.2) is 40.2 Å². The Morgan fingerprint density at radius 2 is 1.91 bits per heavy atom. The second kappa shape index (κ2) is 8.85. The van der Waals surface area contributed by atoms with Gasteiger partial charge < -0.3 is 5.32 Å². The summed E-state index contributed by atoms with van der Waals surface area (Å²) in [6.45, 7) is 3.81. The first kappa shape index (κ1) is 20.3. The molecule has 1 amide bonds. The van der Waals surface area contributed by atoms with Gasteiger partial charge in [-0.1, -0.05) is 30.3 Å². The number of anilines is 1. The molecule has 1 unspecified atom stereocenters. The van der Waals surface area contributed by atoms with Crippen LogP contribution >= 0.6 is 0 Å². The SMILES string of the molecule is Cc1cccc2ccnc(N(C(=O)c3ccc(-c4cccnn4)cc3)C3CCCNC3)c12. The molecule has 6 nitrogen and oxygen atoms in total. The molecule has 160 valence electrons. The van der Waals surface area contributed by atoms with Gasteiger partial charge in [-0.3, -0.25) is 9.69 Å². The summed E-state index contributed by atoms with van der Waals surface area (Å²) >= 11 is 0. The number of nitrogens with one attached hydrogen (secondary N) is 1. The summed E-state index contributed by atoms with van der Waals surface area (Å²) in [5.41, 5.74) is 3.46. The molecule has 1 N–H and O–H groups in total. The highest BCUT2D eigenvalue weighted by Crippen LogP contribution is 2.31. The number of pyridine rings is 1. The van der Waals surface area contributed by atoms with Gasteiger partial charge in [-0.15, -0.1) is 0 Å². The van der Waals surface area contributed by atoms with Gasteiger partial charge in [0.15, 0.2) is 0 Å². The fourth-order valence-electron chi connectivity index (χ4n) is 4.44. The number of piperidine rings is 1. The second-order valence-corrected chi connectivity index (χ2v) is 8.17. The van der Waals surface area contributed by atoms with Crippen LogP contribution in [0.25, 0.3) is 22.0 Å². The van der Waals surface area contributed by atoms with Crippen LogP contribution in [0.5, 0.6) is 0 Å². The molecule has 5 rings (SSSR count). The van der Waals surface area contributed by atoms with E-state index in [1.165, 1.54) is 0 Å². The number of amides is 1. The first-order chi connectivity index (χ1) is 15.7. The normalized spacial score (nSPS) is 16.1. The van der Waals surface area contributed by atoms with E-state index < -0.39 is 0 Å². The van der Waals surface area contributed by atoms with Gasteiger partial charge in [-0.2, -0.15) is 10.2 Å². The molecule has 2 aromatic carbocycles. The Hall–Kier alpha value is -3.64. The van der Waals surface area contributed by atoms with Crippen LogP contribution in [0.4, 0.5) is 5.82 Å². The van der Waals surface area contributed by atoms with Crippen molar-refractivity contribution in [2.24, 2.45) is 0 Å². The molecular weight excluding hydrogens is 398 g/mol. The van der Waals surface area contributed by atoms with Crippen molar-refractivity contribution in [2.75, 3.05) is 18.0 Å². The fourth-order valence-corrected chi connectivity index (χ4v) is 4.44. The van der Waals surface area contributed by atoms with Crippen LogP contribution < -0.4 is 10.2 Å². The smallest absolute Gasteiger partial charge is 0.259 e. The topological polar surface area (TPSA) is 71.0 Å². The Bertz CT molecular complexity index is 1230. The summed E-state index contributed by atoms with van der Waals surface area (Å²) in [7, 11) is 0. The van der Waals surface area contributed by atoms with Crippen LogP contribution in [-0.2, 0) is 0 Å². The maximum Gasteiger partial charge on any atom is 0.259 e. The summed E-state index contributed by atoms with van der Waals surface area (Å²) in [5, 5.41) is 13.7. The average molecular weight is 424 g/mol. The van der Waals surface area contributed by atoms with Gasteiger partial charge in [0.2, 0.25) is 0 Å². The zero-order chi connectivity index (χ0) is 21.9. The zero-order valence-electron chi connectivity index (χ0n) is 18.0. The Morgan fingerprint density at radius 1 is 1.03 bits per heavy atom. The molecule has 1 fully saturated rings. The molecule has 6 heteroatoms. The number of aryl methyl sites for hydroxylation is 1. The average Bonchev–Trinajstić information content (AvgIpc) is 2.86. The standard InChI is InChI=1S/C26H25N5O/c1-18-5-2-6-20-13-16-28-25(24(18)20)31(22-7-3-14-27-17-22)26(32)21-11-9-19(10-12-21)23-8-4-15-29-30-23/h2,4-6,8-13,15-16,22,27H,3,7,14,17H2,1H3. The number of carbonyl (C=O) groups is 1. The molecule has 1 aliphatic rings. The molecule has 0 bridgehead atoms. The zero-order valence-corrected chi connectivity index (χ0v) is 18.0. The molecule has 3 heterocycles. The summed E-state index contributed by atoms with van der Waals surface area (Å²) in [5.74, 6) is 0.699. The number of rotatable bonds is 4. The molecule has 0 saturated carbocycles. The molecule has 0 aliphatic carbocycles. The highest BCUT2D eigenvalue weighted by Gasteiger charge is 2.30. The lowest BCUT2D eigenvalue weighted by Gasteiger charge is -2.35. The Morgan fingerprint density at radius 3 is 2.66 bits per heavy atom. The Balaban J connectivity index is 1.57. The second-order valence-electron chi connectivity index (χ2n) is 8.17. The van der Waals surface area contributed by atoms with Gasteiger partial charge in [-0.25, -0.2) is 4.98 Å². The van der Waals surface area contributed by atoms with Crippen molar-refractivity contribution in [2.45, 2.75) is 25.8 Å². The molecule has 4 aromatic rings. The third-order valence-electron chi connectivity index (χ3n) is 6.06. The lowest BCUT2D eigenvalue weighted by molar-refractivity contribution is 0.0972. The van der Waals surface area contributed by atoms with Crippen LogP contribution in [0.1, 0.15) is 28.8 Å². The molecule has 0 radical (unpaired) electrons. The molecule has 0 spiro atoms. The maximum atomic E-state index is 13.9. The number of benzene rings is 2. The molecule has 2 aromatic heterocycles. The maximum absolute atomic E-state index is 13.9. The van der Waals surface area contributed by atoms with Crippen molar-refractivity contribution >= 4 is 22.5 Å².